The second-order valence-electron chi connectivity index (χ2n) is 3.84. The van der Waals surface area contributed by atoms with Crippen molar-refractivity contribution >= 4 is 5.69 Å². The smallest absolute Gasteiger partial charge is 0.0372 e. The van der Waals surface area contributed by atoms with Crippen molar-refractivity contribution in [1.29, 1.82) is 0 Å². The first-order valence-corrected chi connectivity index (χ1v) is 7.78. The van der Waals surface area contributed by atoms with Gasteiger partial charge in [0.2, 0.25) is 0 Å². The molecule has 0 spiro atoms. The number of rotatable bonds is 0. The van der Waals surface area contributed by atoms with E-state index in [-0.39, 0.29) is 12.1 Å². The Morgan fingerprint density at radius 1 is 0.727 bits per heavy atom. The maximum atomic E-state index is 3.36. The van der Waals surface area contributed by atoms with Crippen molar-refractivity contribution in [1.82, 2.24) is 0 Å². The average molecular weight is 307 g/mol. The fraction of sp³-hybridized carbons (Fsp3) is 0.400. The number of aryl methyl sites for hydroxylation is 1. The molecule has 1 aliphatic rings. The van der Waals surface area contributed by atoms with Gasteiger partial charge in [-0.05, 0) is 24.5 Å². The molecule has 0 unspecified atom stereocenters. The summed E-state index contributed by atoms with van der Waals surface area (Å²) < 4.78 is 0. The van der Waals surface area contributed by atoms with Crippen LogP contribution < -0.4 is 5.32 Å². The third kappa shape index (κ3) is 10.9. The van der Waals surface area contributed by atoms with Crippen molar-refractivity contribution in [3.05, 3.63) is 66.2 Å². The first kappa shape index (κ1) is 25.1. The molecule has 0 saturated carbocycles. The van der Waals surface area contributed by atoms with Gasteiger partial charge in [-0.3, -0.25) is 4.70 Å². The fourth-order valence-corrected chi connectivity index (χ4v) is 1.80. The van der Waals surface area contributed by atoms with E-state index in [1.807, 2.05) is 64.1 Å². The van der Waals surface area contributed by atoms with E-state index in [1.165, 1.54) is 24.1 Å². The minimum absolute atomic E-state index is 0. The van der Waals surface area contributed by atoms with E-state index in [4.69, 9.17) is 0 Å². The van der Waals surface area contributed by atoms with Gasteiger partial charge >= 0.3 is 0 Å². The van der Waals surface area contributed by atoms with Crippen LogP contribution in [0.3, 0.4) is 0 Å². The molecule has 22 heavy (non-hydrogen) atoms. The number of hydrogen-bond acceptors (Lipinski definition) is 1. The molecular weight excluding hydrogens is 273 g/mol. The molecule has 126 valence electrons. The normalized spacial score (nSPS) is 9.82. The van der Waals surface area contributed by atoms with Crippen LogP contribution in [0.25, 0.3) is 0 Å². The van der Waals surface area contributed by atoms with Crippen molar-refractivity contribution in [2.45, 2.75) is 48.0 Å². The van der Waals surface area contributed by atoms with Crippen LogP contribution in [0.4, 0.5) is 10.4 Å². The predicted molar refractivity (Wildman–Crippen MR) is 102 cm³/mol. The van der Waals surface area contributed by atoms with Crippen LogP contribution in [-0.2, 0) is 6.42 Å². The molecule has 0 saturated heterocycles. The molecule has 0 radical (unpaired) electrons. The number of nitrogens with one attached hydrogen (secondary N) is 1. The predicted octanol–water partition coefficient (Wildman–Crippen LogP) is 6.57. The minimum Gasteiger partial charge on any atom is -0.385 e. The molecule has 1 aliphatic heterocycles. The highest BCUT2D eigenvalue weighted by Gasteiger charge is 2.04. The molecule has 1 nitrogen and oxygen atoms in total. The van der Waals surface area contributed by atoms with Gasteiger partial charge in [0, 0.05) is 12.2 Å². The SMILES string of the molecule is C.CC.CC.F.c1ccc2c(c1)CCCN2.c1ccccc1. The molecule has 1 heterocycles. The van der Waals surface area contributed by atoms with Gasteiger partial charge in [-0.2, -0.15) is 0 Å². The molecule has 3 rings (SSSR count). The Labute approximate surface area is 137 Å². The first-order chi connectivity index (χ1) is 9.97. The minimum atomic E-state index is 0. The van der Waals surface area contributed by atoms with E-state index < -0.39 is 0 Å². The van der Waals surface area contributed by atoms with Crippen LogP contribution in [0, 0.1) is 0 Å². The van der Waals surface area contributed by atoms with Crippen molar-refractivity contribution in [2.75, 3.05) is 11.9 Å². The molecule has 0 aromatic heterocycles. The summed E-state index contributed by atoms with van der Waals surface area (Å²) in [6, 6.07) is 20.5. The molecule has 1 N–H and O–H groups in total. The third-order valence-electron chi connectivity index (χ3n) is 2.62. The Hall–Kier alpha value is -1.83. The van der Waals surface area contributed by atoms with Crippen molar-refractivity contribution in [2.24, 2.45) is 0 Å². The lowest BCUT2D eigenvalue weighted by atomic mass is 10.0. The van der Waals surface area contributed by atoms with Gasteiger partial charge < -0.3 is 5.32 Å². The van der Waals surface area contributed by atoms with Gasteiger partial charge in [-0.15, -0.1) is 0 Å². The second kappa shape index (κ2) is 19.2. The Kier molecular flexibility index (Phi) is 21.9. The van der Waals surface area contributed by atoms with Crippen molar-refractivity contribution in [3.8, 4) is 0 Å². The van der Waals surface area contributed by atoms with Gasteiger partial charge in [0.25, 0.3) is 0 Å². The van der Waals surface area contributed by atoms with Crippen molar-refractivity contribution < 1.29 is 4.70 Å². The Bertz CT molecular complexity index is 363. The highest BCUT2D eigenvalue weighted by atomic mass is 19.0. The Morgan fingerprint density at radius 2 is 1.18 bits per heavy atom. The fourth-order valence-electron chi connectivity index (χ4n) is 1.80. The first-order valence-electron chi connectivity index (χ1n) is 7.78. The van der Waals surface area contributed by atoms with Crippen LogP contribution in [0.5, 0.6) is 0 Å². The maximum absolute atomic E-state index is 3.36. The topological polar surface area (TPSA) is 12.0 Å². The molecule has 0 amide bonds. The van der Waals surface area contributed by atoms with Crippen LogP contribution in [0.15, 0.2) is 60.7 Å². The van der Waals surface area contributed by atoms with E-state index in [9.17, 15) is 0 Å². The number of fused-ring (bicyclic) bond motifs is 1. The molecule has 0 atom stereocenters. The average Bonchev–Trinajstić information content (AvgIpc) is 2.61. The Morgan fingerprint density at radius 3 is 1.64 bits per heavy atom. The van der Waals surface area contributed by atoms with Gasteiger partial charge in [-0.1, -0.05) is 89.7 Å². The summed E-state index contributed by atoms with van der Waals surface area (Å²) in [7, 11) is 0. The zero-order chi connectivity index (χ0) is 15.1. The summed E-state index contributed by atoms with van der Waals surface area (Å²) in [5.74, 6) is 0. The zero-order valence-electron chi connectivity index (χ0n) is 13.8. The van der Waals surface area contributed by atoms with Gasteiger partial charge in [0.05, 0.1) is 0 Å². The zero-order valence-corrected chi connectivity index (χ0v) is 13.8. The molecule has 0 aliphatic carbocycles. The number of halogens is 1. The highest BCUT2D eigenvalue weighted by molar-refractivity contribution is 5.52. The lowest BCUT2D eigenvalue weighted by molar-refractivity contribution is 0.830. The number of para-hydroxylation sites is 1. The molecule has 2 aromatic rings. The standard InChI is InChI=1S/C9H11N.C6H6.2C2H6.CH4.FH/c1-2-6-9-8(4-1)5-3-7-10-9;1-2-4-6-5-3-1;2*1-2;;/h1-2,4,6,10H,3,5,7H2;1-6H;2*1-2H3;1H4;1H. The molecular formula is C20H34FN. The summed E-state index contributed by atoms with van der Waals surface area (Å²) in [5, 5.41) is 3.36. The van der Waals surface area contributed by atoms with Gasteiger partial charge in [0.1, 0.15) is 0 Å². The van der Waals surface area contributed by atoms with E-state index in [2.05, 4.69) is 29.6 Å². The summed E-state index contributed by atoms with van der Waals surface area (Å²) in [6.45, 7) is 9.14. The quantitative estimate of drug-likeness (QED) is 0.580. The number of benzene rings is 2. The highest BCUT2D eigenvalue weighted by Crippen LogP contribution is 2.20. The maximum Gasteiger partial charge on any atom is 0.0372 e. The Balaban J connectivity index is -0.000000264. The summed E-state index contributed by atoms with van der Waals surface area (Å²) in [5.41, 5.74) is 2.79. The van der Waals surface area contributed by atoms with E-state index in [0.29, 0.717) is 0 Å². The lowest BCUT2D eigenvalue weighted by Gasteiger charge is -2.16. The molecule has 0 bridgehead atoms. The van der Waals surface area contributed by atoms with Crippen LogP contribution >= 0.6 is 0 Å². The van der Waals surface area contributed by atoms with Crippen molar-refractivity contribution in [3.63, 3.8) is 0 Å². The van der Waals surface area contributed by atoms with E-state index >= 15 is 0 Å². The van der Waals surface area contributed by atoms with Crippen LogP contribution in [0.2, 0.25) is 0 Å². The molecule has 2 heteroatoms. The van der Waals surface area contributed by atoms with Gasteiger partial charge in [0.15, 0.2) is 0 Å². The summed E-state index contributed by atoms with van der Waals surface area (Å²) in [4.78, 5) is 0. The van der Waals surface area contributed by atoms with Crippen LogP contribution in [0.1, 0.15) is 47.1 Å². The summed E-state index contributed by atoms with van der Waals surface area (Å²) >= 11 is 0. The summed E-state index contributed by atoms with van der Waals surface area (Å²) in [6.07, 6.45) is 2.51. The molecule has 2 aromatic carbocycles. The number of hydrogen-bond donors (Lipinski definition) is 1. The largest absolute Gasteiger partial charge is 0.385 e. The number of anilines is 1. The second-order valence-corrected chi connectivity index (χ2v) is 3.84. The monoisotopic (exact) mass is 307 g/mol. The third-order valence-corrected chi connectivity index (χ3v) is 2.62. The lowest BCUT2D eigenvalue weighted by Crippen LogP contribution is -2.10. The van der Waals surface area contributed by atoms with E-state index in [1.54, 1.807) is 0 Å². The van der Waals surface area contributed by atoms with Crippen LogP contribution in [-0.4, -0.2) is 6.54 Å². The molecule has 0 fully saturated rings. The van der Waals surface area contributed by atoms with E-state index in [0.717, 1.165) is 6.54 Å². The van der Waals surface area contributed by atoms with Gasteiger partial charge in [-0.25, -0.2) is 0 Å².